The van der Waals surface area contributed by atoms with Gasteiger partial charge in [-0.25, -0.2) is 29.2 Å². The molecule has 1 unspecified atom stereocenters. The fourth-order valence-corrected chi connectivity index (χ4v) is 3.87. The molecule has 206 valence electrons. The molecule has 0 saturated heterocycles. The average molecular weight is 557 g/mol. The largest absolute Gasteiger partial charge is 0.330 e. The fraction of sp³-hybridized carbons (Fsp3) is 0.292. The molecule has 5 N–H and O–H groups in total. The van der Waals surface area contributed by atoms with Gasteiger partial charge in [-0.3, -0.25) is 30.9 Å². The zero-order valence-corrected chi connectivity index (χ0v) is 22.4. The number of rotatable bonds is 7. The molecule has 0 spiro atoms. The topological polar surface area (TPSA) is 193 Å². The second kappa shape index (κ2) is 14.1. The highest BCUT2D eigenvalue weighted by molar-refractivity contribution is 7.13. The maximum atomic E-state index is 12.6. The Kier molecular flexibility index (Phi) is 10.9. The summed E-state index contributed by atoms with van der Waals surface area (Å²) in [5.74, 6) is -1.42. The summed E-state index contributed by atoms with van der Waals surface area (Å²) < 4.78 is 0. The molecular formula is C24H28N8O6S. The number of amides is 10. The minimum Gasteiger partial charge on any atom is -0.326 e. The Hall–Kier alpha value is -4.97. The summed E-state index contributed by atoms with van der Waals surface area (Å²) >= 11 is 1.53. The highest BCUT2D eigenvalue weighted by Gasteiger charge is 2.27. The minimum absolute atomic E-state index is 0.0280. The number of nitrogens with zero attached hydrogens (tertiary/aromatic N) is 3. The third kappa shape index (κ3) is 9.44. The van der Waals surface area contributed by atoms with E-state index in [1.807, 2.05) is 22.8 Å². The smallest absolute Gasteiger partial charge is 0.326 e. The van der Waals surface area contributed by atoms with Gasteiger partial charge in [-0.05, 0) is 41.5 Å². The van der Waals surface area contributed by atoms with Gasteiger partial charge >= 0.3 is 24.1 Å². The van der Waals surface area contributed by atoms with Crippen LogP contribution < -0.4 is 26.6 Å². The van der Waals surface area contributed by atoms with E-state index in [9.17, 15) is 28.8 Å². The van der Waals surface area contributed by atoms with Crippen LogP contribution in [0.15, 0.2) is 41.8 Å². The summed E-state index contributed by atoms with van der Waals surface area (Å²) in [6, 6.07) is 4.25. The van der Waals surface area contributed by atoms with Crippen LogP contribution in [0.2, 0.25) is 0 Å². The van der Waals surface area contributed by atoms with Gasteiger partial charge in [0.25, 0.3) is 11.8 Å². The van der Waals surface area contributed by atoms with Crippen LogP contribution in [0, 0.1) is 17.4 Å². The zero-order chi connectivity index (χ0) is 29.1. The lowest BCUT2D eigenvalue weighted by molar-refractivity contribution is -0.142. The number of imide groups is 4. The van der Waals surface area contributed by atoms with E-state index < -0.39 is 42.0 Å². The maximum Gasteiger partial charge on any atom is 0.330 e. The number of hydrogen-bond acceptors (Lipinski definition) is 9. The standard InChI is InChI=1S/C24H28N8O6S/c1-14(2)12-17(20(34)32(4)31(3)13-25)26-21(35)28-23(37)30-24(38)29-22(36)27-19(33)16-9-7-15(8-10-16)18-6-5-11-39-18/h5-11,14,17H,12H2,1-4H3,(H5,26,27,28,29,30,33,35,36,37,38). The van der Waals surface area contributed by atoms with Gasteiger partial charge in [-0.15, -0.1) is 11.3 Å². The summed E-state index contributed by atoms with van der Waals surface area (Å²) in [4.78, 5) is 74.0. The van der Waals surface area contributed by atoms with Crippen LogP contribution in [-0.4, -0.2) is 66.1 Å². The molecule has 1 heterocycles. The predicted molar refractivity (Wildman–Crippen MR) is 141 cm³/mol. The Bertz CT molecular complexity index is 1260. The van der Waals surface area contributed by atoms with Crippen LogP contribution in [0.4, 0.5) is 19.2 Å². The van der Waals surface area contributed by atoms with Crippen molar-refractivity contribution in [1.82, 2.24) is 36.6 Å². The number of hydrogen-bond donors (Lipinski definition) is 5. The predicted octanol–water partition coefficient (Wildman–Crippen LogP) is 2.18. The summed E-state index contributed by atoms with van der Waals surface area (Å²) in [7, 11) is 2.69. The zero-order valence-electron chi connectivity index (χ0n) is 21.6. The first-order chi connectivity index (χ1) is 18.4. The number of hydrazine groups is 1. The average Bonchev–Trinajstić information content (AvgIpc) is 3.41. The van der Waals surface area contributed by atoms with E-state index in [4.69, 9.17) is 5.26 Å². The molecule has 0 bridgehead atoms. The number of carbonyl (C=O) groups is 6. The highest BCUT2D eigenvalue weighted by atomic mass is 32.1. The van der Waals surface area contributed by atoms with Gasteiger partial charge in [0, 0.05) is 24.5 Å². The molecule has 0 aliphatic carbocycles. The minimum atomic E-state index is -1.32. The van der Waals surface area contributed by atoms with Crippen molar-refractivity contribution in [3.63, 3.8) is 0 Å². The number of benzene rings is 1. The van der Waals surface area contributed by atoms with Crippen molar-refractivity contribution >= 4 is 47.3 Å². The Morgan fingerprint density at radius 2 is 1.44 bits per heavy atom. The van der Waals surface area contributed by atoms with Gasteiger partial charge in [0.05, 0.1) is 0 Å². The normalized spacial score (nSPS) is 10.9. The Balaban J connectivity index is 1.84. The number of thiophene rings is 1. The first-order valence-corrected chi connectivity index (χ1v) is 12.4. The summed E-state index contributed by atoms with van der Waals surface area (Å²) in [5.41, 5.74) is 1.05. The quantitative estimate of drug-likeness (QED) is 0.194. The SMILES string of the molecule is CC(C)CC(NC(=O)NC(=O)NC(=O)NC(=O)NC(=O)c1ccc(-c2cccs2)cc1)C(=O)N(C)N(C)C#N. The summed E-state index contributed by atoms with van der Waals surface area (Å²) in [5, 5.41) is 22.3. The molecule has 39 heavy (non-hydrogen) atoms. The Morgan fingerprint density at radius 1 is 0.872 bits per heavy atom. The lowest BCUT2D eigenvalue weighted by Gasteiger charge is -2.28. The van der Waals surface area contributed by atoms with Gasteiger partial charge in [-0.2, -0.15) is 5.26 Å². The van der Waals surface area contributed by atoms with Crippen molar-refractivity contribution in [3.05, 3.63) is 47.3 Å². The molecule has 0 aliphatic rings. The van der Waals surface area contributed by atoms with Crippen LogP contribution in [0.5, 0.6) is 0 Å². The van der Waals surface area contributed by atoms with E-state index in [1.54, 1.807) is 48.1 Å². The van der Waals surface area contributed by atoms with Crippen LogP contribution >= 0.6 is 11.3 Å². The van der Waals surface area contributed by atoms with Crippen LogP contribution in [0.25, 0.3) is 10.4 Å². The van der Waals surface area contributed by atoms with Crippen LogP contribution in [0.1, 0.15) is 30.6 Å². The molecule has 0 aliphatic heterocycles. The fourth-order valence-electron chi connectivity index (χ4n) is 3.13. The van der Waals surface area contributed by atoms with Gasteiger partial charge in [-0.1, -0.05) is 32.0 Å². The molecule has 1 aromatic carbocycles. The summed E-state index contributed by atoms with van der Waals surface area (Å²) in [6.45, 7) is 3.61. The van der Waals surface area contributed by atoms with E-state index in [2.05, 4.69) is 5.32 Å². The lowest BCUT2D eigenvalue weighted by atomic mass is 10.0. The lowest BCUT2D eigenvalue weighted by Crippen LogP contribution is -2.56. The highest BCUT2D eigenvalue weighted by Crippen LogP contribution is 2.24. The van der Waals surface area contributed by atoms with Gasteiger partial charge in [0.15, 0.2) is 6.19 Å². The number of urea groups is 4. The molecule has 15 heteroatoms. The second-order valence-corrected chi connectivity index (χ2v) is 9.46. The molecule has 2 aromatic rings. The molecular weight excluding hydrogens is 528 g/mol. The molecule has 0 radical (unpaired) electrons. The van der Waals surface area contributed by atoms with Gasteiger partial charge in [0.1, 0.15) is 6.04 Å². The number of likely N-dealkylation sites (N-methyl/N-ethyl adjacent to an activating group) is 1. The van der Waals surface area contributed by atoms with Gasteiger partial charge < -0.3 is 5.32 Å². The molecule has 10 amide bonds. The van der Waals surface area contributed by atoms with E-state index in [-0.39, 0.29) is 17.9 Å². The molecule has 1 aromatic heterocycles. The molecule has 2 rings (SSSR count). The number of nitriles is 1. The van der Waals surface area contributed by atoms with Crippen molar-refractivity contribution < 1.29 is 28.8 Å². The Morgan fingerprint density at radius 3 is 1.95 bits per heavy atom. The van der Waals surface area contributed by atoms with Crippen molar-refractivity contribution in [2.75, 3.05) is 14.1 Å². The number of nitrogens with one attached hydrogen (secondary N) is 5. The molecule has 0 saturated carbocycles. The summed E-state index contributed by atoms with van der Waals surface area (Å²) in [6.07, 6.45) is 1.95. The van der Waals surface area contributed by atoms with E-state index in [1.165, 1.54) is 37.6 Å². The number of carbonyl (C=O) groups excluding carboxylic acids is 6. The van der Waals surface area contributed by atoms with Crippen LogP contribution in [-0.2, 0) is 4.79 Å². The first-order valence-electron chi connectivity index (χ1n) is 11.5. The molecule has 1 atom stereocenters. The van der Waals surface area contributed by atoms with Crippen LogP contribution in [0.3, 0.4) is 0 Å². The monoisotopic (exact) mass is 556 g/mol. The van der Waals surface area contributed by atoms with E-state index >= 15 is 0 Å². The second-order valence-electron chi connectivity index (χ2n) is 8.51. The third-order valence-electron chi connectivity index (χ3n) is 5.09. The van der Waals surface area contributed by atoms with Crippen molar-refractivity contribution in [3.8, 4) is 16.6 Å². The molecule has 0 fully saturated rings. The van der Waals surface area contributed by atoms with Crippen molar-refractivity contribution in [2.24, 2.45) is 5.92 Å². The maximum absolute atomic E-state index is 12.6. The first kappa shape index (κ1) is 30.3. The van der Waals surface area contributed by atoms with Gasteiger partial charge in [0.2, 0.25) is 0 Å². The Labute approximate surface area is 228 Å². The molecule has 14 nitrogen and oxygen atoms in total. The van der Waals surface area contributed by atoms with Crippen molar-refractivity contribution in [1.29, 1.82) is 5.26 Å². The third-order valence-corrected chi connectivity index (χ3v) is 6.00. The van der Waals surface area contributed by atoms with Crippen molar-refractivity contribution in [2.45, 2.75) is 26.3 Å². The van der Waals surface area contributed by atoms with E-state index in [0.717, 1.165) is 20.5 Å². The van der Waals surface area contributed by atoms with E-state index in [0.29, 0.717) is 0 Å².